The topological polar surface area (TPSA) is 30.5 Å². The predicted molar refractivity (Wildman–Crippen MR) is 73.4 cm³/mol. The maximum Gasteiger partial charge on any atom is 0.0797 e. The molecule has 1 N–H and O–H groups in total. The zero-order valence-electron chi connectivity index (χ0n) is 12.5. The minimum Gasteiger partial charge on any atom is -0.379 e. The number of methoxy groups -OCH3 is 1. The van der Waals surface area contributed by atoms with Crippen molar-refractivity contribution in [3.05, 3.63) is 0 Å². The molecule has 0 heterocycles. The molecule has 0 spiro atoms. The first-order valence-electron chi connectivity index (χ1n) is 6.84. The van der Waals surface area contributed by atoms with Gasteiger partial charge in [0.05, 0.1) is 18.2 Å². The van der Waals surface area contributed by atoms with Gasteiger partial charge >= 0.3 is 0 Å². The van der Waals surface area contributed by atoms with Crippen molar-refractivity contribution in [1.82, 2.24) is 5.32 Å². The van der Waals surface area contributed by atoms with E-state index in [1.807, 2.05) is 0 Å². The molecule has 17 heavy (non-hydrogen) atoms. The van der Waals surface area contributed by atoms with E-state index >= 15 is 0 Å². The van der Waals surface area contributed by atoms with Gasteiger partial charge in [-0.1, -0.05) is 27.2 Å². The maximum absolute atomic E-state index is 5.81. The minimum absolute atomic E-state index is 0.190. The van der Waals surface area contributed by atoms with Gasteiger partial charge in [0.1, 0.15) is 0 Å². The van der Waals surface area contributed by atoms with Gasteiger partial charge < -0.3 is 14.8 Å². The van der Waals surface area contributed by atoms with Crippen molar-refractivity contribution in [2.45, 2.75) is 59.1 Å². The smallest absolute Gasteiger partial charge is 0.0797 e. The molecule has 0 aliphatic heterocycles. The van der Waals surface area contributed by atoms with Crippen LogP contribution in [0.25, 0.3) is 0 Å². The normalized spacial score (nSPS) is 15.9. The molecule has 0 aromatic heterocycles. The van der Waals surface area contributed by atoms with E-state index in [-0.39, 0.29) is 11.6 Å². The second-order valence-corrected chi connectivity index (χ2v) is 5.35. The largest absolute Gasteiger partial charge is 0.379 e. The van der Waals surface area contributed by atoms with Crippen LogP contribution in [0.5, 0.6) is 0 Å². The number of rotatable bonds is 10. The van der Waals surface area contributed by atoms with Gasteiger partial charge in [0, 0.05) is 13.7 Å². The average Bonchev–Trinajstić information content (AvgIpc) is 2.28. The summed E-state index contributed by atoms with van der Waals surface area (Å²) < 4.78 is 11.3. The molecular weight excluding hydrogens is 214 g/mol. The van der Waals surface area contributed by atoms with Crippen molar-refractivity contribution < 1.29 is 9.47 Å². The van der Waals surface area contributed by atoms with Crippen LogP contribution in [-0.4, -0.2) is 38.5 Å². The summed E-state index contributed by atoms with van der Waals surface area (Å²) in [5.41, 5.74) is -0.190. The first-order chi connectivity index (χ1) is 7.97. The Bertz CT molecular complexity index is 183. The van der Waals surface area contributed by atoms with Crippen LogP contribution >= 0.6 is 0 Å². The molecular formula is C14H31NO2. The summed E-state index contributed by atoms with van der Waals surface area (Å²) in [6.07, 6.45) is 2.46. The highest BCUT2D eigenvalue weighted by molar-refractivity contribution is 4.85. The highest BCUT2D eigenvalue weighted by Crippen LogP contribution is 2.15. The van der Waals surface area contributed by atoms with Crippen molar-refractivity contribution >= 4 is 0 Å². The van der Waals surface area contributed by atoms with Crippen LogP contribution in [0.1, 0.15) is 47.5 Å². The first kappa shape index (κ1) is 16.9. The van der Waals surface area contributed by atoms with E-state index in [2.05, 4.69) is 39.9 Å². The predicted octanol–water partition coefficient (Wildman–Crippen LogP) is 2.84. The van der Waals surface area contributed by atoms with E-state index in [1.54, 1.807) is 7.11 Å². The molecule has 3 nitrogen and oxygen atoms in total. The Morgan fingerprint density at radius 2 is 1.82 bits per heavy atom. The molecule has 0 bridgehead atoms. The van der Waals surface area contributed by atoms with Gasteiger partial charge in [-0.05, 0) is 32.7 Å². The molecule has 0 radical (unpaired) electrons. The molecule has 0 amide bonds. The lowest BCUT2D eigenvalue weighted by atomic mass is 9.99. The summed E-state index contributed by atoms with van der Waals surface area (Å²) in [5, 5.41) is 3.43. The van der Waals surface area contributed by atoms with Crippen molar-refractivity contribution in [3.63, 3.8) is 0 Å². The van der Waals surface area contributed by atoms with Gasteiger partial charge in [-0.3, -0.25) is 0 Å². The Morgan fingerprint density at radius 1 is 1.18 bits per heavy atom. The van der Waals surface area contributed by atoms with Crippen LogP contribution in [0, 0.1) is 5.92 Å². The lowest BCUT2D eigenvalue weighted by Crippen LogP contribution is -2.51. The number of ether oxygens (including phenoxy) is 2. The number of nitrogens with one attached hydrogen (secondary N) is 1. The van der Waals surface area contributed by atoms with Crippen molar-refractivity contribution in [1.29, 1.82) is 0 Å². The fraction of sp³-hybridized carbons (Fsp3) is 1.00. The van der Waals surface area contributed by atoms with Crippen molar-refractivity contribution in [2.75, 3.05) is 26.9 Å². The second-order valence-electron chi connectivity index (χ2n) is 5.35. The van der Waals surface area contributed by atoms with Crippen LogP contribution < -0.4 is 5.32 Å². The maximum atomic E-state index is 5.81. The SMILES string of the molecule is CCCC(C)COCC(NCC)C(C)(C)OC. The van der Waals surface area contributed by atoms with E-state index in [9.17, 15) is 0 Å². The lowest BCUT2D eigenvalue weighted by Gasteiger charge is -2.33. The zero-order valence-corrected chi connectivity index (χ0v) is 12.5. The molecule has 104 valence electrons. The van der Waals surface area contributed by atoms with Crippen LogP contribution in [0.15, 0.2) is 0 Å². The monoisotopic (exact) mass is 245 g/mol. The van der Waals surface area contributed by atoms with E-state index in [0.29, 0.717) is 12.5 Å². The molecule has 0 aliphatic rings. The summed E-state index contributed by atoms with van der Waals surface area (Å²) in [6.45, 7) is 13.2. The standard InChI is InChI=1S/C14H31NO2/c1-7-9-12(3)10-17-11-13(15-8-2)14(4,5)16-6/h12-13,15H,7-11H2,1-6H3. The van der Waals surface area contributed by atoms with Gasteiger partial charge in [0.25, 0.3) is 0 Å². The first-order valence-corrected chi connectivity index (χ1v) is 6.84. The molecule has 0 rings (SSSR count). The zero-order chi connectivity index (χ0) is 13.3. The summed E-state index contributed by atoms with van der Waals surface area (Å²) in [4.78, 5) is 0. The van der Waals surface area contributed by atoms with Gasteiger partial charge in [-0.2, -0.15) is 0 Å². The second kappa shape index (κ2) is 8.90. The number of likely N-dealkylation sites (N-methyl/N-ethyl adjacent to an activating group) is 1. The van der Waals surface area contributed by atoms with Crippen molar-refractivity contribution in [3.8, 4) is 0 Å². The van der Waals surface area contributed by atoms with Crippen LogP contribution in [-0.2, 0) is 9.47 Å². The molecule has 2 atom stereocenters. The third-order valence-electron chi connectivity index (χ3n) is 3.28. The van der Waals surface area contributed by atoms with Crippen LogP contribution in [0.4, 0.5) is 0 Å². The Morgan fingerprint density at radius 3 is 2.29 bits per heavy atom. The van der Waals surface area contributed by atoms with Gasteiger partial charge in [0.2, 0.25) is 0 Å². The van der Waals surface area contributed by atoms with E-state index < -0.39 is 0 Å². The molecule has 0 saturated heterocycles. The fourth-order valence-corrected chi connectivity index (χ4v) is 1.86. The van der Waals surface area contributed by atoms with Crippen LogP contribution in [0.3, 0.4) is 0 Å². The van der Waals surface area contributed by atoms with Gasteiger partial charge in [0.15, 0.2) is 0 Å². The molecule has 0 saturated carbocycles. The summed E-state index contributed by atoms with van der Waals surface area (Å²) in [5.74, 6) is 0.646. The Hall–Kier alpha value is -0.120. The molecule has 3 heteroatoms. The van der Waals surface area contributed by atoms with E-state index in [1.165, 1.54) is 12.8 Å². The lowest BCUT2D eigenvalue weighted by molar-refractivity contribution is -0.0419. The van der Waals surface area contributed by atoms with Crippen LogP contribution in [0.2, 0.25) is 0 Å². The van der Waals surface area contributed by atoms with E-state index in [4.69, 9.17) is 9.47 Å². The molecule has 0 aromatic carbocycles. The quantitative estimate of drug-likeness (QED) is 0.642. The van der Waals surface area contributed by atoms with Crippen molar-refractivity contribution in [2.24, 2.45) is 5.92 Å². The highest BCUT2D eigenvalue weighted by atomic mass is 16.5. The molecule has 2 unspecified atom stereocenters. The summed E-state index contributed by atoms with van der Waals surface area (Å²) in [7, 11) is 1.75. The number of hydrogen-bond acceptors (Lipinski definition) is 3. The summed E-state index contributed by atoms with van der Waals surface area (Å²) >= 11 is 0. The number of hydrogen-bond donors (Lipinski definition) is 1. The fourth-order valence-electron chi connectivity index (χ4n) is 1.86. The Labute approximate surface area is 107 Å². The van der Waals surface area contributed by atoms with E-state index in [0.717, 1.165) is 13.2 Å². The van der Waals surface area contributed by atoms with Gasteiger partial charge in [-0.15, -0.1) is 0 Å². The van der Waals surface area contributed by atoms with Gasteiger partial charge in [-0.25, -0.2) is 0 Å². The Kier molecular flexibility index (Phi) is 8.83. The minimum atomic E-state index is -0.190. The molecule has 0 aliphatic carbocycles. The third-order valence-corrected chi connectivity index (χ3v) is 3.28. The molecule has 0 fully saturated rings. The molecule has 0 aromatic rings. The summed E-state index contributed by atoms with van der Waals surface area (Å²) in [6, 6.07) is 0.242. The third kappa shape index (κ3) is 7.02. The Balaban J connectivity index is 4.01. The average molecular weight is 245 g/mol. The highest BCUT2D eigenvalue weighted by Gasteiger charge is 2.28.